The van der Waals surface area contributed by atoms with Crippen molar-refractivity contribution in [3.8, 4) is 12.1 Å². The first-order valence-corrected chi connectivity index (χ1v) is 5.44. The van der Waals surface area contributed by atoms with Crippen molar-refractivity contribution >= 4 is 5.91 Å². The van der Waals surface area contributed by atoms with Crippen LogP contribution in [0.2, 0.25) is 0 Å². The second kappa shape index (κ2) is 4.11. The number of rotatable bonds is 1. The highest BCUT2D eigenvalue weighted by Gasteiger charge is 2.47. The summed E-state index contributed by atoms with van der Waals surface area (Å²) in [5.74, 6) is -0.121. The molecule has 1 saturated heterocycles. The first-order chi connectivity index (χ1) is 7.72. The highest BCUT2D eigenvalue weighted by molar-refractivity contribution is 5.86. The van der Waals surface area contributed by atoms with E-state index in [-0.39, 0.29) is 5.91 Å². The van der Waals surface area contributed by atoms with Gasteiger partial charge >= 0.3 is 0 Å². The number of morpholine rings is 1. The molecule has 1 aliphatic heterocycles. The third-order valence-corrected chi connectivity index (χ3v) is 3.33. The van der Waals surface area contributed by atoms with Gasteiger partial charge in [0.1, 0.15) is 5.41 Å². The molecular formula is C11H13N3O2. The minimum Gasteiger partial charge on any atom is -0.360 e. The maximum absolute atomic E-state index is 12.1. The number of nitrogens with zero attached hydrogens (tertiary/aromatic N) is 3. The van der Waals surface area contributed by atoms with E-state index in [0.29, 0.717) is 32.5 Å². The molecule has 2 fully saturated rings. The molecule has 0 aromatic rings. The minimum absolute atomic E-state index is 0.121. The van der Waals surface area contributed by atoms with Gasteiger partial charge < -0.3 is 9.64 Å². The van der Waals surface area contributed by atoms with E-state index in [4.69, 9.17) is 15.3 Å². The van der Waals surface area contributed by atoms with Crippen molar-refractivity contribution in [2.75, 3.05) is 19.7 Å². The van der Waals surface area contributed by atoms with Crippen LogP contribution in [0.4, 0.5) is 0 Å². The second-order valence-electron chi connectivity index (χ2n) is 4.29. The molecule has 84 valence electrons. The van der Waals surface area contributed by atoms with Gasteiger partial charge in [0.25, 0.3) is 0 Å². The lowest BCUT2D eigenvalue weighted by atomic mass is 9.69. The number of ether oxygens (including phenoxy) is 1. The zero-order chi connectivity index (χ0) is 11.6. The number of carbonyl (C=O) groups excluding carboxylic acids is 1. The van der Waals surface area contributed by atoms with Crippen LogP contribution in [0.15, 0.2) is 0 Å². The maximum atomic E-state index is 12.1. The molecule has 0 aromatic carbocycles. The van der Waals surface area contributed by atoms with Crippen LogP contribution in [-0.2, 0) is 9.53 Å². The summed E-state index contributed by atoms with van der Waals surface area (Å²) in [6.45, 7) is 1.16. The van der Waals surface area contributed by atoms with Crippen molar-refractivity contribution in [1.82, 2.24) is 4.90 Å². The Bertz CT molecular complexity index is 376. The van der Waals surface area contributed by atoms with Crippen molar-refractivity contribution < 1.29 is 9.53 Å². The van der Waals surface area contributed by atoms with Crippen molar-refractivity contribution in [3.05, 3.63) is 0 Å². The van der Waals surface area contributed by atoms with Gasteiger partial charge in [-0.1, -0.05) is 0 Å². The van der Waals surface area contributed by atoms with E-state index in [2.05, 4.69) is 6.07 Å². The van der Waals surface area contributed by atoms with E-state index in [1.807, 2.05) is 6.07 Å². The summed E-state index contributed by atoms with van der Waals surface area (Å²) in [6.07, 6.45) is 1.69. The molecule has 0 aromatic heterocycles. The average Bonchev–Trinajstić information content (AvgIpc) is 2.28. The molecule has 16 heavy (non-hydrogen) atoms. The Kier molecular flexibility index (Phi) is 2.80. The molecule has 1 unspecified atom stereocenters. The van der Waals surface area contributed by atoms with Gasteiger partial charge in [-0.05, 0) is 19.3 Å². The summed E-state index contributed by atoms with van der Waals surface area (Å²) in [6, 6.07) is 4.13. The summed E-state index contributed by atoms with van der Waals surface area (Å²) in [7, 11) is 0. The van der Waals surface area contributed by atoms with Gasteiger partial charge in [0, 0.05) is 6.54 Å². The molecular weight excluding hydrogens is 206 g/mol. The van der Waals surface area contributed by atoms with Crippen LogP contribution in [-0.4, -0.2) is 36.6 Å². The van der Waals surface area contributed by atoms with Crippen molar-refractivity contribution in [1.29, 1.82) is 10.5 Å². The smallest absolute Gasteiger partial charge is 0.243 e. The highest BCUT2D eigenvalue weighted by atomic mass is 16.5. The van der Waals surface area contributed by atoms with Gasteiger partial charge in [-0.15, -0.1) is 0 Å². The number of hydrogen-bond donors (Lipinski definition) is 0. The Hall–Kier alpha value is -1.59. The highest BCUT2D eigenvalue weighted by Crippen LogP contribution is 2.42. The first-order valence-electron chi connectivity index (χ1n) is 5.44. The van der Waals surface area contributed by atoms with Gasteiger partial charge in [-0.3, -0.25) is 4.79 Å². The lowest BCUT2D eigenvalue weighted by Gasteiger charge is -2.40. The zero-order valence-corrected chi connectivity index (χ0v) is 8.98. The van der Waals surface area contributed by atoms with Gasteiger partial charge in [0.2, 0.25) is 5.91 Å². The lowest BCUT2D eigenvalue weighted by molar-refractivity contribution is -0.148. The molecule has 0 N–H and O–H groups in total. The summed E-state index contributed by atoms with van der Waals surface area (Å²) < 4.78 is 5.17. The molecule has 1 aliphatic carbocycles. The van der Waals surface area contributed by atoms with Crippen LogP contribution >= 0.6 is 0 Å². The van der Waals surface area contributed by atoms with Crippen molar-refractivity contribution in [2.45, 2.75) is 25.4 Å². The molecule has 0 radical (unpaired) electrons. The summed E-state index contributed by atoms with van der Waals surface area (Å²) in [5.41, 5.74) is -0.808. The molecule has 1 heterocycles. The zero-order valence-electron chi connectivity index (χ0n) is 8.98. The van der Waals surface area contributed by atoms with E-state index < -0.39 is 11.5 Å². The molecule has 1 atom stereocenters. The van der Waals surface area contributed by atoms with E-state index in [0.717, 1.165) is 6.42 Å². The van der Waals surface area contributed by atoms with Crippen LogP contribution in [0.25, 0.3) is 0 Å². The molecule has 0 spiro atoms. The Morgan fingerprint density at radius 2 is 2.19 bits per heavy atom. The van der Waals surface area contributed by atoms with Crippen LogP contribution in [0, 0.1) is 28.1 Å². The Labute approximate surface area is 94.2 Å². The Morgan fingerprint density at radius 3 is 2.69 bits per heavy atom. The fourth-order valence-corrected chi connectivity index (χ4v) is 2.12. The molecule has 2 rings (SSSR count). The summed E-state index contributed by atoms with van der Waals surface area (Å²) in [4.78, 5) is 13.7. The fraction of sp³-hybridized carbons (Fsp3) is 0.727. The number of carbonyl (C=O) groups is 1. The molecule has 2 aliphatic rings. The van der Waals surface area contributed by atoms with Gasteiger partial charge in [0.05, 0.1) is 25.3 Å². The quantitative estimate of drug-likeness (QED) is 0.640. The largest absolute Gasteiger partial charge is 0.360 e. The fourth-order valence-electron chi connectivity index (χ4n) is 2.12. The van der Waals surface area contributed by atoms with Crippen LogP contribution in [0.3, 0.4) is 0 Å². The third kappa shape index (κ3) is 1.64. The summed E-state index contributed by atoms with van der Waals surface area (Å²) >= 11 is 0. The van der Waals surface area contributed by atoms with E-state index >= 15 is 0 Å². The molecule has 1 saturated carbocycles. The second-order valence-corrected chi connectivity index (χ2v) is 4.29. The molecule has 5 heteroatoms. The van der Waals surface area contributed by atoms with Crippen LogP contribution < -0.4 is 0 Å². The molecule has 5 nitrogen and oxygen atoms in total. The SMILES string of the molecule is N#CC1CN(C(=O)C2(C#N)CCC2)CCO1. The van der Waals surface area contributed by atoms with Crippen LogP contribution in [0.5, 0.6) is 0 Å². The monoisotopic (exact) mass is 219 g/mol. The Balaban J connectivity index is 2.05. The Morgan fingerprint density at radius 1 is 1.44 bits per heavy atom. The molecule has 1 amide bonds. The van der Waals surface area contributed by atoms with Gasteiger partial charge in [-0.25, -0.2) is 0 Å². The average molecular weight is 219 g/mol. The predicted molar refractivity (Wildman–Crippen MR) is 53.8 cm³/mol. The number of amides is 1. The normalized spacial score (nSPS) is 27.4. The van der Waals surface area contributed by atoms with Gasteiger partial charge in [0.15, 0.2) is 6.10 Å². The van der Waals surface area contributed by atoms with Crippen LogP contribution in [0.1, 0.15) is 19.3 Å². The lowest BCUT2D eigenvalue weighted by Crippen LogP contribution is -2.53. The topological polar surface area (TPSA) is 77.1 Å². The third-order valence-electron chi connectivity index (χ3n) is 3.33. The summed E-state index contributed by atoms with van der Waals surface area (Å²) in [5, 5.41) is 17.8. The first kappa shape index (κ1) is 10.9. The van der Waals surface area contributed by atoms with E-state index in [1.165, 1.54) is 0 Å². The number of hydrogen-bond acceptors (Lipinski definition) is 4. The van der Waals surface area contributed by atoms with Gasteiger partial charge in [-0.2, -0.15) is 10.5 Å². The maximum Gasteiger partial charge on any atom is 0.243 e. The number of nitriles is 2. The van der Waals surface area contributed by atoms with Crippen molar-refractivity contribution in [2.24, 2.45) is 5.41 Å². The standard InChI is InChI=1S/C11H13N3O2/c12-6-9-7-14(4-5-16-9)10(15)11(8-13)2-1-3-11/h9H,1-5,7H2. The molecule has 0 bridgehead atoms. The minimum atomic E-state index is -0.808. The van der Waals surface area contributed by atoms with Crippen molar-refractivity contribution in [3.63, 3.8) is 0 Å². The predicted octanol–water partition coefficient (Wildman–Crippen LogP) is 0.431. The van der Waals surface area contributed by atoms with E-state index in [9.17, 15) is 4.79 Å². The van der Waals surface area contributed by atoms with E-state index in [1.54, 1.807) is 4.90 Å².